The highest BCUT2D eigenvalue weighted by molar-refractivity contribution is 7.81. The van der Waals surface area contributed by atoms with Crippen LogP contribution in [0.25, 0.3) is 0 Å². The van der Waals surface area contributed by atoms with Gasteiger partial charge in [-0.25, -0.2) is 16.8 Å². The number of carboxylic acids is 1. The van der Waals surface area contributed by atoms with Gasteiger partial charge in [0, 0.05) is 6.42 Å². The van der Waals surface area contributed by atoms with Crippen molar-refractivity contribution in [3.05, 3.63) is 0 Å². The van der Waals surface area contributed by atoms with Crippen LogP contribution in [0.5, 0.6) is 0 Å². The first-order valence-corrected chi connectivity index (χ1v) is 7.25. The SMILES string of the molecule is O=C([O-])C1C[C@H](OS(=O)(=O)[O-])C(OS(=O)(=O)[O-])CO1. The van der Waals surface area contributed by atoms with E-state index in [0.29, 0.717) is 0 Å². The van der Waals surface area contributed by atoms with Crippen LogP contribution in [0.3, 0.4) is 0 Å². The number of aliphatic carboxylic acids is 1. The molecule has 0 aliphatic carbocycles. The van der Waals surface area contributed by atoms with Crippen molar-refractivity contribution in [1.29, 1.82) is 0 Å². The highest BCUT2D eigenvalue weighted by Gasteiger charge is 2.36. The maximum Gasteiger partial charge on any atom is 0.218 e. The van der Waals surface area contributed by atoms with Crippen LogP contribution in [0.4, 0.5) is 0 Å². The largest absolute Gasteiger partial charge is 0.726 e. The zero-order valence-corrected chi connectivity index (χ0v) is 10.6. The number of carboxylic acid groups (broad SMARTS) is 1. The zero-order chi connectivity index (χ0) is 14.8. The lowest BCUT2D eigenvalue weighted by molar-refractivity contribution is -0.320. The molecule has 0 aromatic carbocycles. The minimum atomic E-state index is -5.26. The van der Waals surface area contributed by atoms with Crippen LogP contribution >= 0.6 is 0 Å². The Hall–Kier alpha value is -0.830. The van der Waals surface area contributed by atoms with Gasteiger partial charge in [-0.05, 0) is 0 Å². The first kappa shape index (κ1) is 16.2. The van der Waals surface area contributed by atoms with Crippen molar-refractivity contribution in [2.45, 2.75) is 24.7 Å². The van der Waals surface area contributed by atoms with Crippen molar-refractivity contribution in [2.24, 2.45) is 0 Å². The molecule has 2 unspecified atom stereocenters. The van der Waals surface area contributed by atoms with Gasteiger partial charge in [0.05, 0.1) is 18.7 Å². The molecule has 1 heterocycles. The van der Waals surface area contributed by atoms with Gasteiger partial charge in [-0.15, -0.1) is 0 Å². The zero-order valence-electron chi connectivity index (χ0n) is 8.95. The molecule has 0 bridgehead atoms. The van der Waals surface area contributed by atoms with Crippen LogP contribution in [0.2, 0.25) is 0 Å². The summed E-state index contributed by atoms with van der Waals surface area (Å²) in [5.74, 6) is -1.72. The van der Waals surface area contributed by atoms with E-state index in [1.54, 1.807) is 0 Å². The van der Waals surface area contributed by atoms with Gasteiger partial charge in [0.1, 0.15) is 12.2 Å². The van der Waals surface area contributed by atoms with E-state index in [0.717, 1.165) is 0 Å². The van der Waals surface area contributed by atoms with Crippen molar-refractivity contribution >= 4 is 26.8 Å². The summed E-state index contributed by atoms with van der Waals surface area (Å²) in [6.07, 6.45) is -5.89. The Morgan fingerprint density at radius 2 is 1.53 bits per heavy atom. The second-order valence-electron chi connectivity index (χ2n) is 3.46. The Morgan fingerprint density at radius 1 is 1.05 bits per heavy atom. The summed E-state index contributed by atoms with van der Waals surface area (Å²) in [5.41, 5.74) is 0. The van der Waals surface area contributed by atoms with Gasteiger partial charge in [-0.3, -0.25) is 8.37 Å². The Morgan fingerprint density at radius 3 is 1.95 bits per heavy atom. The predicted molar refractivity (Wildman–Crippen MR) is 48.5 cm³/mol. The molecule has 1 aliphatic rings. The predicted octanol–water partition coefficient (Wildman–Crippen LogP) is -3.78. The number of carbonyl (C=O) groups excluding carboxylic acids is 1. The van der Waals surface area contributed by atoms with Crippen molar-refractivity contribution in [1.82, 2.24) is 0 Å². The third kappa shape index (κ3) is 5.77. The lowest BCUT2D eigenvalue weighted by Gasteiger charge is -2.36. The lowest BCUT2D eigenvalue weighted by atomic mass is 10.0. The van der Waals surface area contributed by atoms with Gasteiger partial charge in [0.2, 0.25) is 20.8 Å². The smallest absolute Gasteiger partial charge is 0.218 e. The van der Waals surface area contributed by atoms with E-state index in [1.165, 1.54) is 0 Å². The number of rotatable bonds is 5. The van der Waals surface area contributed by atoms with E-state index in [4.69, 9.17) is 0 Å². The second kappa shape index (κ2) is 5.66. The summed E-state index contributed by atoms with van der Waals surface area (Å²) in [7, 11) is -10.5. The first-order valence-electron chi connectivity index (χ1n) is 4.58. The molecular weight excluding hydrogens is 312 g/mol. The molecule has 1 rings (SSSR count). The van der Waals surface area contributed by atoms with Crippen molar-refractivity contribution in [2.75, 3.05) is 6.61 Å². The first-order chi connectivity index (χ1) is 8.48. The minimum Gasteiger partial charge on any atom is -0.726 e. The Labute approximate surface area is 108 Å². The van der Waals surface area contributed by atoms with Gasteiger partial charge in [0.15, 0.2) is 0 Å². The number of ether oxygens (including phenoxy) is 1. The molecule has 3 atom stereocenters. The highest BCUT2D eigenvalue weighted by atomic mass is 32.3. The third-order valence-electron chi connectivity index (χ3n) is 2.07. The Kier molecular flexibility index (Phi) is 4.83. The molecule has 0 spiro atoms. The molecular formula is C6H7O11S2-3. The molecule has 112 valence electrons. The molecule has 0 saturated carbocycles. The fourth-order valence-electron chi connectivity index (χ4n) is 1.41. The molecule has 0 amide bonds. The van der Waals surface area contributed by atoms with Gasteiger partial charge < -0.3 is 23.7 Å². The summed E-state index contributed by atoms with van der Waals surface area (Å²) in [6.45, 7) is -0.777. The monoisotopic (exact) mass is 319 g/mol. The van der Waals surface area contributed by atoms with Crippen molar-refractivity contribution in [3.63, 3.8) is 0 Å². The van der Waals surface area contributed by atoms with Crippen LogP contribution in [-0.4, -0.2) is 56.8 Å². The fourth-order valence-corrected chi connectivity index (χ4v) is 2.39. The molecule has 0 aromatic rings. The molecule has 13 heteroatoms. The number of hydrogen-bond acceptors (Lipinski definition) is 11. The quantitative estimate of drug-likeness (QED) is 0.358. The van der Waals surface area contributed by atoms with Gasteiger partial charge >= 0.3 is 0 Å². The van der Waals surface area contributed by atoms with Crippen molar-refractivity contribution < 1.29 is 48.9 Å². The van der Waals surface area contributed by atoms with Crippen molar-refractivity contribution in [3.8, 4) is 0 Å². The van der Waals surface area contributed by atoms with E-state index in [1.807, 2.05) is 0 Å². The molecule has 1 saturated heterocycles. The third-order valence-corrected chi connectivity index (χ3v) is 3.03. The maximum absolute atomic E-state index is 10.5. The molecule has 0 N–H and O–H groups in total. The highest BCUT2D eigenvalue weighted by Crippen LogP contribution is 2.22. The second-order valence-corrected chi connectivity index (χ2v) is 5.48. The number of hydrogen-bond donors (Lipinski definition) is 0. The summed E-state index contributed by atoms with van der Waals surface area (Å²) in [6, 6.07) is 0. The minimum absolute atomic E-state index is 0.732. The molecule has 11 nitrogen and oxygen atoms in total. The standard InChI is InChI=1S/C6H10O11S2/c7-6(8)4-1-3(16-18(9,10)11)5(2-15-4)17-19(12,13)14/h3-5H,1-2H2,(H,7,8)(H,9,10,11)(H,12,13,14)/p-3/t3-,4?,5?/m0/s1. The number of carbonyl (C=O) groups is 1. The average molecular weight is 319 g/mol. The maximum atomic E-state index is 10.5. The molecule has 1 fully saturated rings. The van der Waals surface area contributed by atoms with Gasteiger partial charge in [0.25, 0.3) is 0 Å². The van der Waals surface area contributed by atoms with Crippen LogP contribution in [0.1, 0.15) is 6.42 Å². The van der Waals surface area contributed by atoms with E-state index in [9.17, 15) is 35.8 Å². The van der Waals surface area contributed by atoms with E-state index in [2.05, 4.69) is 13.1 Å². The molecule has 0 radical (unpaired) electrons. The Balaban J connectivity index is 2.87. The summed E-state index contributed by atoms with van der Waals surface area (Å²) in [4.78, 5) is 10.5. The van der Waals surface area contributed by atoms with Gasteiger partial charge in [-0.2, -0.15) is 0 Å². The topological polar surface area (TPSA) is 182 Å². The van der Waals surface area contributed by atoms with E-state index < -0.39 is 58.1 Å². The average Bonchev–Trinajstić information content (AvgIpc) is 2.15. The van der Waals surface area contributed by atoms with E-state index in [-0.39, 0.29) is 0 Å². The summed E-state index contributed by atoms with van der Waals surface area (Å²) < 4.78 is 74.8. The Bertz CT molecular complexity index is 534. The molecule has 0 aromatic heterocycles. The van der Waals surface area contributed by atoms with E-state index >= 15 is 0 Å². The molecule has 19 heavy (non-hydrogen) atoms. The van der Waals surface area contributed by atoms with Crippen LogP contribution in [0.15, 0.2) is 0 Å². The normalized spacial score (nSPS) is 29.1. The van der Waals surface area contributed by atoms with Crippen LogP contribution in [-0.2, 0) is 38.7 Å². The fraction of sp³-hybridized carbons (Fsp3) is 0.833. The molecule has 1 aliphatic heterocycles. The van der Waals surface area contributed by atoms with Gasteiger partial charge in [-0.1, -0.05) is 0 Å². The lowest BCUT2D eigenvalue weighted by Crippen LogP contribution is -2.51. The van der Waals surface area contributed by atoms with Crippen LogP contribution in [0, 0.1) is 0 Å². The summed E-state index contributed by atoms with van der Waals surface area (Å²) >= 11 is 0. The summed E-state index contributed by atoms with van der Waals surface area (Å²) in [5, 5.41) is 10.5. The van der Waals surface area contributed by atoms with Crippen LogP contribution < -0.4 is 5.11 Å².